The minimum Gasteiger partial charge on any atom is -0.468 e. The lowest BCUT2D eigenvalue weighted by molar-refractivity contribution is -0.160. The van der Waals surface area contributed by atoms with Gasteiger partial charge in [-0.05, 0) is 31.0 Å². The van der Waals surface area contributed by atoms with E-state index in [0.29, 0.717) is 6.42 Å². The number of hydrogen-bond acceptors (Lipinski definition) is 5. The molecule has 1 atom stereocenters. The zero-order valence-electron chi connectivity index (χ0n) is 14.9. The molecule has 22 heavy (non-hydrogen) atoms. The third-order valence-corrected chi connectivity index (χ3v) is 8.70. The molecule has 0 aromatic heterocycles. The molecule has 6 heteroatoms. The van der Waals surface area contributed by atoms with Crippen molar-refractivity contribution in [3.63, 3.8) is 0 Å². The predicted molar refractivity (Wildman–Crippen MR) is 89.0 cm³/mol. The normalized spacial score (nSPS) is 13.6. The van der Waals surface area contributed by atoms with E-state index in [1.54, 1.807) is 6.08 Å². The molecule has 0 rings (SSSR count). The molecule has 0 aliphatic rings. The summed E-state index contributed by atoms with van der Waals surface area (Å²) in [4.78, 5) is 23.6. The van der Waals surface area contributed by atoms with Crippen LogP contribution in [0.5, 0.6) is 0 Å². The van der Waals surface area contributed by atoms with Gasteiger partial charge in [0, 0.05) is 6.10 Å². The summed E-state index contributed by atoms with van der Waals surface area (Å²) in [6.45, 7) is 14.4. The zero-order chi connectivity index (χ0) is 17.6. The smallest absolute Gasteiger partial charge is 0.320 e. The molecule has 0 saturated heterocycles. The second kappa shape index (κ2) is 8.48. The van der Waals surface area contributed by atoms with E-state index in [2.05, 4.69) is 40.4 Å². The van der Waals surface area contributed by atoms with Crippen LogP contribution in [-0.2, 0) is 23.5 Å². The molecule has 0 bridgehead atoms. The predicted octanol–water partition coefficient (Wildman–Crippen LogP) is 3.31. The maximum atomic E-state index is 11.8. The Bertz CT molecular complexity index is 382. The molecule has 0 aliphatic heterocycles. The highest BCUT2D eigenvalue weighted by atomic mass is 28.4. The van der Waals surface area contributed by atoms with Crippen molar-refractivity contribution < 1.29 is 23.5 Å². The van der Waals surface area contributed by atoms with Gasteiger partial charge in [-0.3, -0.25) is 9.59 Å². The Morgan fingerprint density at radius 2 is 1.59 bits per heavy atom. The van der Waals surface area contributed by atoms with Gasteiger partial charge >= 0.3 is 11.9 Å². The largest absolute Gasteiger partial charge is 0.468 e. The molecule has 0 spiro atoms. The first-order chi connectivity index (χ1) is 10.00. The molecular weight excluding hydrogens is 300 g/mol. The quantitative estimate of drug-likeness (QED) is 0.296. The number of ether oxygens (including phenoxy) is 2. The molecule has 0 aromatic rings. The second-order valence-electron chi connectivity index (χ2n) is 6.86. The fraction of sp³-hybridized carbons (Fsp3) is 0.750. The lowest BCUT2D eigenvalue weighted by atomic mass is 10.00. The van der Waals surface area contributed by atoms with Crippen LogP contribution in [0.4, 0.5) is 0 Å². The van der Waals surface area contributed by atoms with Gasteiger partial charge in [0.2, 0.25) is 0 Å². The summed E-state index contributed by atoms with van der Waals surface area (Å²) in [7, 11) is 0.505. The van der Waals surface area contributed by atoms with Gasteiger partial charge in [0.1, 0.15) is 0 Å². The summed E-state index contributed by atoms with van der Waals surface area (Å²) in [6, 6.07) is 0. The van der Waals surface area contributed by atoms with Crippen LogP contribution in [0.15, 0.2) is 12.7 Å². The first kappa shape index (κ1) is 20.9. The monoisotopic (exact) mass is 330 g/mol. The minimum absolute atomic E-state index is 0.0401. The number of carbonyl (C=O) groups excluding carboxylic acids is 2. The van der Waals surface area contributed by atoms with E-state index in [0.717, 1.165) is 0 Å². The number of hydrogen-bond donors (Lipinski definition) is 0. The van der Waals surface area contributed by atoms with E-state index in [9.17, 15) is 9.59 Å². The van der Waals surface area contributed by atoms with Crippen molar-refractivity contribution in [2.75, 3.05) is 14.2 Å². The lowest BCUT2D eigenvalue weighted by Crippen LogP contribution is -2.45. The van der Waals surface area contributed by atoms with Crippen molar-refractivity contribution >= 4 is 20.3 Å². The second-order valence-corrected chi connectivity index (χ2v) is 11.6. The zero-order valence-corrected chi connectivity index (χ0v) is 15.9. The van der Waals surface area contributed by atoms with Crippen LogP contribution in [0, 0.1) is 5.92 Å². The fourth-order valence-electron chi connectivity index (χ4n) is 1.81. The van der Waals surface area contributed by atoms with Gasteiger partial charge in [-0.15, -0.1) is 6.58 Å². The first-order valence-electron chi connectivity index (χ1n) is 7.44. The highest BCUT2D eigenvalue weighted by Gasteiger charge is 2.40. The molecule has 5 nitrogen and oxygen atoms in total. The maximum absolute atomic E-state index is 11.8. The van der Waals surface area contributed by atoms with Crippen molar-refractivity contribution in [3.05, 3.63) is 12.7 Å². The van der Waals surface area contributed by atoms with Crippen molar-refractivity contribution in [1.29, 1.82) is 0 Å². The van der Waals surface area contributed by atoms with Crippen LogP contribution in [0.25, 0.3) is 0 Å². The number of rotatable bonds is 8. The Morgan fingerprint density at radius 3 is 1.91 bits per heavy atom. The molecular formula is C16H30O5Si. The van der Waals surface area contributed by atoms with Gasteiger partial charge in [0.15, 0.2) is 14.2 Å². The fourth-order valence-corrected chi connectivity index (χ4v) is 3.19. The van der Waals surface area contributed by atoms with Crippen molar-refractivity contribution in [2.45, 2.75) is 57.8 Å². The molecule has 0 heterocycles. The van der Waals surface area contributed by atoms with Crippen LogP contribution < -0.4 is 0 Å². The van der Waals surface area contributed by atoms with E-state index < -0.39 is 26.2 Å². The van der Waals surface area contributed by atoms with Gasteiger partial charge in [0.05, 0.1) is 14.2 Å². The lowest BCUT2D eigenvalue weighted by Gasteiger charge is -2.39. The van der Waals surface area contributed by atoms with E-state index in [1.165, 1.54) is 14.2 Å². The summed E-state index contributed by atoms with van der Waals surface area (Å²) in [5.74, 6) is -2.16. The van der Waals surface area contributed by atoms with E-state index in [1.807, 2.05) is 0 Å². The highest BCUT2D eigenvalue weighted by Crippen LogP contribution is 2.38. The highest BCUT2D eigenvalue weighted by molar-refractivity contribution is 6.74. The van der Waals surface area contributed by atoms with Crippen molar-refractivity contribution in [1.82, 2.24) is 0 Å². The molecule has 0 amide bonds. The molecule has 0 saturated carbocycles. The average molecular weight is 330 g/mol. The maximum Gasteiger partial charge on any atom is 0.320 e. The SMILES string of the molecule is C=CCC(CC(C(=O)OC)C(=O)OC)O[Si](C)(C)C(C)(C)C. The van der Waals surface area contributed by atoms with Crippen LogP contribution >= 0.6 is 0 Å². The summed E-state index contributed by atoms with van der Waals surface area (Å²) in [5.41, 5.74) is 0. The van der Waals surface area contributed by atoms with Gasteiger partial charge in [-0.25, -0.2) is 0 Å². The van der Waals surface area contributed by atoms with Crippen LogP contribution in [-0.4, -0.2) is 40.6 Å². The Hall–Kier alpha value is -1.14. The Labute approximate surface area is 135 Å². The Kier molecular flexibility index (Phi) is 8.04. The molecule has 0 radical (unpaired) electrons. The van der Waals surface area contributed by atoms with Crippen molar-refractivity contribution in [3.8, 4) is 0 Å². The van der Waals surface area contributed by atoms with Gasteiger partial charge < -0.3 is 13.9 Å². The van der Waals surface area contributed by atoms with Crippen LogP contribution in [0.3, 0.4) is 0 Å². The third-order valence-electron chi connectivity index (χ3n) is 4.17. The summed E-state index contributed by atoms with van der Waals surface area (Å²) < 4.78 is 15.7. The average Bonchev–Trinajstić information content (AvgIpc) is 2.41. The number of methoxy groups -OCH3 is 2. The van der Waals surface area contributed by atoms with Gasteiger partial charge in [0.25, 0.3) is 0 Å². The summed E-state index contributed by atoms with van der Waals surface area (Å²) in [5, 5.41) is 0.0401. The summed E-state index contributed by atoms with van der Waals surface area (Å²) >= 11 is 0. The molecule has 0 aromatic carbocycles. The molecule has 0 N–H and O–H groups in total. The molecule has 0 fully saturated rings. The first-order valence-corrected chi connectivity index (χ1v) is 10.3. The van der Waals surface area contributed by atoms with E-state index in [-0.39, 0.29) is 17.6 Å². The number of carbonyl (C=O) groups is 2. The van der Waals surface area contributed by atoms with E-state index >= 15 is 0 Å². The Balaban J connectivity index is 5.20. The molecule has 128 valence electrons. The van der Waals surface area contributed by atoms with Crippen molar-refractivity contribution in [2.24, 2.45) is 5.92 Å². The molecule has 1 unspecified atom stereocenters. The topological polar surface area (TPSA) is 61.8 Å². The van der Waals surface area contributed by atoms with Crippen LogP contribution in [0.1, 0.15) is 33.6 Å². The number of esters is 2. The van der Waals surface area contributed by atoms with Gasteiger partial charge in [-0.2, -0.15) is 0 Å². The summed E-state index contributed by atoms with van der Waals surface area (Å²) in [6.07, 6.45) is 2.28. The minimum atomic E-state index is -2.01. The van der Waals surface area contributed by atoms with Crippen LogP contribution in [0.2, 0.25) is 18.1 Å². The standard InChI is InChI=1S/C16H30O5Si/c1-9-10-12(21-22(7,8)16(2,3)4)11-13(14(17)19-5)15(18)20-6/h9,12-13H,1,10-11H2,2-8H3. The third kappa shape index (κ3) is 5.92. The van der Waals surface area contributed by atoms with Gasteiger partial charge in [-0.1, -0.05) is 26.8 Å². The van der Waals surface area contributed by atoms with E-state index in [4.69, 9.17) is 13.9 Å². The Morgan fingerprint density at radius 1 is 1.14 bits per heavy atom. The molecule has 0 aliphatic carbocycles.